The summed E-state index contributed by atoms with van der Waals surface area (Å²) in [5.74, 6) is 0.946. The Morgan fingerprint density at radius 3 is 2.92 bits per heavy atom. The average Bonchev–Trinajstić information content (AvgIpc) is 2.88. The molecule has 1 aliphatic carbocycles. The number of nitrogens with one attached hydrogen (secondary N) is 1. The topological polar surface area (TPSA) is 32.3 Å². The van der Waals surface area contributed by atoms with Gasteiger partial charge in [0.15, 0.2) is 0 Å². The van der Waals surface area contributed by atoms with Gasteiger partial charge in [0.25, 0.3) is 0 Å². The Bertz CT molecular complexity index is 187. The minimum atomic E-state index is 0.175. The summed E-state index contributed by atoms with van der Waals surface area (Å²) in [6.07, 6.45) is 4.34. The number of likely N-dealkylation sites (N-methyl/N-ethyl adjacent to an activating group) is 1. The van der Waals surface area contributed by atoms with Crippen molar-refractivity contribution in [3.8, 4) is 0 Å². The highest BCUT2D eigenvalue weighted by molar-refractivity contribution is 5.78. The van der Waals surface area contributed by atoms with Crippen LogP contribution in [-0.2, 0) is 4.79 Å². The summed E-state index contributed by atoms with van der Waals surface area (Å²) in [4.78, 5) is 13.2. The third kappa shape index (κ3) is 4.08. The van der Waals surface area contributed by atoms with Crippen molar-refractivity contribution in [1.82, 2.24) is 10.2 Å². The zero-order valence-electron chi connectivity index (χ0n) is 8.25. The lowest BCUT2D eigenvalue weighted by Crippen LogP contribution is -2.36. The lowest BCUT2D eigenvalue weighted by atomic mass is 10.4. The molecule has 1 N–H and O–H groups in total. The molecule has 0 bridgehead atoms. The second-order valence-electron chi connectivity index (χ2n) is 3.64. The minimum absolute atomic E-state index is 0.175. The van der Waals surface area contributed by atoms with E-state index >= 15 is 0 Å². The molecule has 74 valence electrons. The molecule has 0 aromatic rings. The molecule has 0 aromatic heterocycles. The molecule has 1 fully saturated rings. The molecule has 1 amide bonds. The Morgan fingerprint density at radius 2 is 2.38 bits per heavy atom. The van der Waals surface area contributed by atoms with Gasteiger partial charge in [0.05, 0.1) is 6.54 Å². The molecule has 3 nitrogen and oxygen atoms in total. The molecule has 0 saturated heterocycles. The van der Waals surface area contributed by atoms with E-state index in [-0.39, 0.29) is 5.91 Å². The smallest absolute Gasteiger partial charge is 0.236 e. The number of hydrogen-bond acceptors (Lipinski definition) is 2. The third-order valence-corrected chi connectivity index (χ3v) is 2.22. The number of amides is 1. The van der Waals surface area contributed by atoms with Crippen molar-refractivity contribution in [1.29, 1.82) is 0 Å². The summed E-state index contributed by atoms with van der Waals surface area (Å²) in [5, 5.41) is 3.00. The van der Waals surface area contributed by atoms with Gasteiger partial charge in [0, 0.05) is 20.1 Å². The summed E-state index contributed by atoms with van der Waals surface area (Å²) < 4.78 is 0. The second kappa shape index (κ2) is 5.02. The maximum Gasteiger partial charge on any atom is 0.236 e. The summed E-state index contributed by atoms with van der Waals surface area (Å²) in [5.41, 5.74) is 0. The van der Waals surface area contributed by atoms with Crippen molar-refractivity contribution in [2.75, 3.05) is 26.7 Å². The maximum atomic E-state index is 11.4. The Hall–Kier alpha value is -0.830. The van der Waals surface area contributed by atoms with Crippen molar-refractivity contribution < 1.29 is 4.79 Å². The first-order chi connectivity index (χ1) is 6.24. The molecule has 0 spiro atoms. The number of nitrogens with zero attached hydrogens (tertiary/aromatic N) is 1. The van der Waals surface area contributed by atoms with E-state index in [1.54, 1.807) is 6.08 Å². The number of rotatable bonds is 6. The molecule has 13 heavy (non-hydrogen) atoms. The fraction of sp³-hybridized carbons (Fsp3) is 0.700. The van der Waals surface area contributed by atoms with Gasteiger partial charge >= 0.3 is 0 Å². The molecule has 0 atom stereocenters. The highest BCUT2D eigenvalue weighted by atomic mass is 16.2. The highest BCUT2D eigenvalue weighted by Gasteiger charge is 2.24. The van der Waals surface area contributed by atoms with Crippen LogP contribution >= 0.6 is 0 Å². The van der Waals surface area contributed by atoms with Gasteiger partial charge in [0.2, 0.25) is 5.91 Å². The molecule has 0 aliphatic heterocycles. The number of carbonyl (C=O) groups excluding carboxylic acids is 1. The van der Waals surface area contributed by atoms with Crippen LogP contribution in [0.3, 0.4) is 0 Å². The van der Waals surface area contributed by atoms with Crippen LogP contribution in [0.1, 0.15) is 12.8 Å². The van der Waals surface area contributed by atoms with Crippen molar-refractivity contribution in [3.63, 3.8) is 0 Å². The first kappa shape index (κ1) is 10.3. The van der Waals surface area contributed by atoms with E-state index in [1.165, 1.54) is 12.8 Å². The summed E-state index contributed by atoms with van der Waals surface area (Å²) in [7, 11) is 1.87. The van der Waals surface area contributed by atoms with E-state index in [4.69, 9.17) is 0 Å². The summed E-state index contributed by atoms with van der Waals surface area (Å²) in [6, 6.07) is 0. The Balaban J connectivity index is 2.09. The first-order valence-corrected chi connectivity index (χ1v) is 4.79. The Labute approximate surface area is 79.8 Å². The number of carbonyl (C=O) groups is 1. The van der Waals surface area contributed by atoms with Gasteiger partial charge in [-0.2, -0.15) is 0 Å². The van der Waals surface area contributed by atoms with Gasteiger partial charge in [-0.15, -0.1) is 6.58 Å². The fourth-order valence-electron chi connectivity index (χ4n) is 1.21. The van der Waals surface area contributed by atoms with Crippen LogP contribution in [0.5, 0.6) is 0 Å². The van der Waals surface area contributed by atoms with Gasteiger partial charge in [-0.25, -0.2) is 0 Å². The quantitative estimate of drug-likeness (QED) is 0.483. The van der Waals surface area contributed by atoms with Crippen LogP contribution in [0.25, 0.3) is 0 Å². The van der Waals surface area contributed by atoms with E-state index in [1.807, 2.05) is 11.9 Å². The Morgan fingerprint density at radius 1 is 1.69 bits per heavy atom. The first-order valence-electron chi connectivity index (χ1n) is 4.79. The van der Waals surface area contributed by atoms with Gasteiger partial charge in [0.1, 0.15) is 0 Å². The lowest BCUT2D eigenvalue weighted by Gasteiger charge is -2.16. The standard InChI is InChI=1S/C10H18N2O/c1-3-6-11-7-10(13)12(2)8-9-4-5-9/h3,9,11H,1,4-8H2,2H3. The van der Waals surface area contributed by atoms with Crippen LogP contribution < -0.4 is 5.32 Å². The summed E-state index contributed by atoms with van der Waals surface area (Å²) in [6.45, 7) is 5.62. The zero-order chi connectivity index (χ0) is 9.68. The monoisotopic (exact) mass is 182 g/mol. The van der Waals surface area contributed by atoms with Crippen molar-refractivity contribution in [2.24, 2.45) is 5.92 Å². The largest absolute Gasteiger partial charge is 0.344 e. The van der Waals surface area contributed by atoms with E-state index in [0.717, 1.165) is 12.5 Å². The van der Waals surface area contributed by atoms with Gasteiger partial charge in [-0.3, -0.25) is 4.79 Å². The zero-order valence-corrected chi connectivity index (χ0v) is 8.25. The average molecular weight is 182 g/mol. The molecule has 1 saturated carbocycles. The minimum Gasteiger partial charge on any atom is -0.344 e. The van der Waals surface area contributed by atoms with Crippen LogP contribution in [-0.4, -0.2) is 37.5 Å². The van der Waals surface area contributed by atoms with Gasteiger partial charge in [-0.05, 0) is 18.8 Å². The fourth-order valence-corrected chi connectivity index (χ4v) is 1.21. The maximum absolute atomic E-state index is 11.4. The predicted octanol–water partition coefficient (Wildman–Crippen LogP) is 0.630. The molecular weight excluding hydrogens is 164 g/mol. The SMILES string of the molecule is C=CCNCC(=O)N(C)CC1CC1. The van der Waals surface area contributed by atoms with Crippen molar-refractivity contribution in [3.05, 3.63) is 12.7 Å². The normalized spacial score (nSPS) is 15.5. The summed E-state index contributed by atoms with van der Waals surface area (Å²) >= 11 is 0. The van der Waals surface area contributed by atoms with Crippen molar-refractivity contribution in [2.45, 2.75) is 12.8 Å². The molecule has 0 unspecified atom stereocenters. The van der Waals surface area contributed by atoms with Crippen molar-refractivity contribution >= 4 is 5.91 Å². The molecule has 0 heterocycles. The van der Waals surface area contributed by atoms with Crippen LogP contribution in [0, 0.1) is 5.92 Å². The van der Waals surface area contributed by atoms with Crippen LogP contribution in [0.15, 0.2) is 12.7 Å². The van der Waals surface area contributed by atoms with Gasteiger partial charge in [-0.1, -0.05) is 6.08 Å². The lowest BCUT2D eigenvalue weighted by molar-refractivity contribution is -0.129. The molecule has 0 aromatic carbocycles. The van der Waals surface area contributed by atoms with E-state index in [2.05, 4.69) is 11.9 Å². The highest BCUT2D eigenvalue weighted by Crippen LogP contribution is 2.29. The molecule has 0 radical (unpaired) electrons. The van der Waals surface area contributed by atoms with E-state index < -0.39 is 0 Å². The van der Waals surface area contributed by atoms with Crippen LogP contribution in [0.2, 0.25) is 0 Å². The molecule has 1 rings (SSSR count). The second-order valence-corrected chi connectivity index (χ2v) is 3.64. The Kier molecular flexibility index (Phi) is 3.96. The van der Waals surface area contributed by atoms with E-state index in [9.17, 15) is 4.79 Å². The molecule has 1 aliphatic rings. The third-order valence-electron chi connectivity index (χ3n) is 2.22. The van der Waals surface area contributed by atoms with E-state index in [0.29, 0.717) is 13.1 Å². The van der Waals surface area contributed by atoms with Gasteiger partial charge < -0.3 is 10.2 Å². The van der Waals surface area contributed by atoms with Crippen LogP contribution in [0.4, 0.5) is 0 Å². The molecule has 3 heteroatoms. The predicted molar refractivity (Wildman–Crippen MR) is 53.4 cm³/mol. The molecular formula is C10H18N2O. The number of hydrogen-bond donors (Lipinski definition) is 1.